The quantitative estimate of drug-likeness (QED) is 0.755. The van der Waals surface area contributed by atoms with Gasteiger partial charge in [0.15, 0.2) is 0 Å². The maximum Gasteiger partial charge on any atom is 0.408 e. The van der Waals surface area contributed by atoms with Crippen LogP contribution in [0.3, 0.4) is 0 Å². The van der Waals surface area contributed by atoms with Crippen LogP contribution in [-0.2, 0) is 14.3 Å². The van der Waals surface area contributed by atoms with Gasteiger partial charge in [-0.15, -0.1) is 0 Å². The first kappa shape index (κ1) is 23.2. The Hall–Kier alpha value is -3.09. The first-order chi connectivity index (χ1) is 13.9. The van der Waals surface area contributed by atoms with Gasteiger partial charge in [0, 0.05) is 5.69 Å². The van der Waals surface area contributed by atoms with Crippen molar-refractivity contribution in [1.82, 2.24) is 5.32 Å². The normalized spacial score (nSPS) is 13.6. The second-order valence-corrected chi connectivity index (χ2v) is 8.70. The lowest BCUT2D eigenvalue weighted by Crippen LogP contribution is -2.56. The van der Waals surface area contributed by atoms with Crippen molar-refractivity contribution in [3.05, 3.63) is 42.5 Å². The number of fused-ring (bicyclic) bond motifs is 1. The van der Waals surface area contributed by atoms with Crippen LogP contribution in [-0.4, -0.2) is 35.6 Å². The van der Waals surface area contributed by atoms with Gasteiger partial charge >= 0.3 is 6.09 Å². The third kappa shape index (κ3) is 5.72. The summed E-state index contributed by atoms with van der Waals surface area (Å²) in [5, 5.41) is 4.48. The van der Waals surface area contributed by atoms with E-state index < -0.39 is 35.6 Å². The van der Waals surface area contributed by atoms with Crippen LogP contribution in [0, 0.1) is 5.92 Å². The van der Waals surface area contributed by atoms with E-state index in [1.54, 1.807) is 33.8 Å². The summed E-state index contributed by atoms with van der Waals surface area (Å²) in [5.74, 6) is -1.30. The zero-order valence-electron chi connectivity index (χ0n) is 18.4. The highest BCUT2D eigenvalue weighted by Crippen LogP contribution is 2.27. The van der Waals surface area contributed by atoms with Crippen LogP contribution >= 0.6 is 0 Å². The van der Waals surface area contributed by atoms with Crippen LogP contribution in [0.1, 0.15) is 41.5 Å². The van der Waals surface area contributed by atoms with Crippen LogP contribution in [0.2, 0.25) is 0 Å². The molecule has 0 fully saturated rings. The molecule has 0 saturated carbocycles. The number of hydrogen-bond acceptors (Lipinski definition) is 4. The summed E-state index contributed by atoms with van der Waals surface area (Å²) >= 11 is 0. The molecule has 0 bridgehead atoms. The van der Waals surface area contributed by atoms with Crippen molar-refractivity contribution in [2.45, 2.75) is 59.2 Å². The lowest BCUT2D eigenvalue weighted by atomic mass is 9.99. The molecule has 7 heteroatoms. The first-order valence-corrected chi connectivity index (χ1v) is 10.0. The van der Waals surface area contributed by atoms with Gasteiger partial charge in [-0.05, 0) is 56.5 Å². The van der Waals surface area contributed by atoms with Crippen molar-refractivity contribution in [3.63, 3.8) is 0 Å². The van der Waals surface area contributed by atoms with E-state index in [1.807, 2.05) is 50.2 Å². The Morgan fingerprint density at radius 3 is 2.13 bits per heavy atom. The molecule has 2 aromatic rings. The summed E-state index contributed by atoms with van der Waals surface area (Å²) in [6.45, 7) is 10.4. The van der Waals surface area contributed by atoms with Gasteiger partial charge in [-0.25, -0.2) is 4.79 Å². The van der Waals surface area contributed by atoms with E-state index in [-0.39, 0.29) is 5.92 Å². The lowest BCUT2D eigenvalue weighted by molar-refractivity contribution is -0.126. The molecular formula is C23H31N3O4. The molecule has 2 aromatic carbocycles. The molecule has 3 amide bonds. The van der Waals surface area contributed by atoms with Gasteiger partial charge in [-0.1, -0.05) is 44.2 Å². The predicted octanol–water partition coefficient (Wildman–Crippen LogP) is 3.60. The third-order valence-electron chi connectivity index (χ3n) is 4.55. The molecule has 3 N–H and O–H groups in total. The van der Waals surface area contributed by atoms with Gasteiger partial charge in [-0.2, -0.15) is 0 Å². The SMILES string of the molecule is CC(C)[C@@H](C(N)=O)N(C(=O)[C@H](C)NC(=O)OC(C)(C)C)c1ccc2ccccc2c1. The average molecular weight is 414 g/mol. The predicted molar refractivity (Wildman–Crippen MR) is 118 cm³/mol. The lowest BCUT2D eigenvalue weighted by Gasteiger charge is -2.34. The highest BCUT2D eigenvalue weighted by Gasteiger charge is 2.35. The molecule has 0 aliphatic heterocycles. The second kappa shape index (κ2) is 9.15. The third-order valence-corrected chi connectivity index (χ3v) is 4.55. The monoisotopic (exact) mass is 413 g/mol. The van der Waals surface area contributed by atoms with Crippen LogP contribution < -0.4 is 16.0 Å². The minimum atomic E-state index is -0.924. The molecule has 7 nitrogen and oxygen atoms in total. The van der Waals surface area contributed by atoms with Gasteiger partial charge in [0.05, 0.1) is 0 Å². The van der Waals surface area contributed by atoms with E-state index in [1.165, 1.54) is 4.90 Å². The van der Waals surface area contributed by atoms with Gasteiger partial charge in [-0.3, -0.25) is 14.5 Å². The molecule has 2 rings (SSSR count). The number of ether oxygens (including phenoxy) is 1. The zero-order chi connectivity index (χ0) is 22.6. The van der Waals surface area contributed by atoms with Crippen molar-refractivity contribution in [2.24, 2.45) is 11.7 Å². The largest absolute Gasteiger partial charge is 0.444 e. The number of rotatable bonds is 6. The molecule has 30 heavy (non-hydrogen) atoms. The summed E-state index contributed by atoms with van der Waals surface area (Å²) in [7, 11) is 0. The Kier molecular flexibility index (Phi) is 7.08. The number of primary amides is 1. The Morgan fingerprint density at radius 2 is 1.60 bits per heavy atom. The molecule has 2 atom stereocenters. The highest BCUT2D eigenvalue weighted by molar-refractivity contribution is 6.05. The van der Waals surface area contributed by atoms with E-state index in [9.17, 15) is 14.4 Å². The Balaban J connectivity index is 2.43. The number of nitrogens with two attached hydrogens (primary N) is 1. The van der Waals surface area contributed by atoms with Crippen LogP contribution in [0.15, 0.2) is 42.5 Å². The first-order valence-electron chi connectivity index (χ1n) is 10.0. The summed E-state index contributed by atoms with van der Waals surface area (Å²) in [4.78, 5) is 39.2. The average Bonchev–Trinajstić information content (AvgIpc) is 2.62. The molecule has 0 aliphatic rings. The Bertz CT molecular complexity index is 933. The number of carbonyl (C=O) groups is 3. The molecule has 0 unspecified atom stereocenters. The number of alkyl carbamates (subject to hydrolysis) is 1. The zero-order valence-corrected chi connectivity index (χ0v) is 18.4. The number of carbonyl (C=O) groups excluding carboxylic acids is 3. The summed E-state index contributed by atoms with van der Waals surface area (Å²) < 4.78 is 5.24. The van der Waals surface area contributed by atoms with Crippen molar-refractivity contribution < 1.29 is 19.1 Å². The minimum absolute atomic E-state index is 0.230. The topological polar surface area (TPSA) is 102 Å². The van der Waals surface area contributed by atoms with Gasteiger partial charge in [0.2, 0.25) is 11.8 Å². The maximum atomic E-state index is 13.4. The molecule has 0 aromatic heterocycles. The standard InChI is InChI=1S/C23H31N3O4/c1-14(2)19(20(24)27)26(18-12-11-16-9-7-8-10-17(16)13-18)21(28)15(3)25-22(29)30-23(4,5)6/h7-15,19H,1-6H3,(H2,24,27)(H,25,29)/t15-,19-/m0/s1. The number of hydrogen-bond donors (Lipinski definition) is 2. The fourth-order valence-electron chi connectivity index (χ4n) is 3.26. The Labute approximate surface area is 177 Å². The van der Waals surface area contributed by atoms with Crippen molar-refractivity contribution in [3.8, 4) is 0 Å². The number of anilines is 1. The minimum Gasteiger partial charge on any atom is -0.444 e. The molecule has 0 radical (unpaired) electrons. The fourth-order valence-corrected chi connectivity index (χ4v) is 3.26. The summed E-state index contributed by atoms with van der Waals surface area (Å²) in [6, 6.07) is 11.4. The summed E-state index contributed by atoms with van der Waals surface area (Å²) in [5.41, 5.74) is 5.51. The second-order valence-electron chi connectivity index (χ2n) is 8.70. The van der Waals surface area contributed by atoms with Crippen molar-refractivity contribution >= 4 is 34.4 Å². The number of amides is 3. The van der Waals surface area contributed by atoms with Crippen LogP contribution in [0.25, 0.3) is 10.8 Å². The van der Waals surface area contributed by atoms with Gasteiger partial charge in [0.1, 0.15) is 17.7 Å². The molecular weight excluding hydrogens is 382 g/mol. The van der Waals surface area contributed by atoms with Gasteiger partial charge in [0.25, 0.3) is 0 Å². The smallest absolute Gasteiger partial charge is 0.408 e. The molecule has 0 aliphatic carbocycles. The van der Waals surface area contributed by atoms with Gasteiger partial charge < -0.3 is 15.8 Å². The van der Waals surface area contributed by atoms with E-state index in [0.29, 0.717) is 5.69 Å². The van der Waals surface area contributed by atoms with E-state index in [4.69, 9.17) is 10.5 Å². The van der Waals surface area contributed by atoms with E-state index >= 15 is 0 Å². The molecule has 162 valence electrons. The molecule has 0 saturated heterocycles. The number of nitrogens with one attached hydrogen (secondary N) is 1. The molecule has 0 spiro atoms. The van der Waals surface area contributed by atoms with Crippen LogP contribution in [0.4, 0.5) is 10.5 Å². The maximum absolute atomic E-state index is 13.4. The van der Waals surface area contributed by atoms with Crippen molar-refractivity contribution in [2.75, 3.05) is 4.90 Å². The van der Waals surface area contributed by atoms with E-state index in [0.717, 1.165) is 10.8 Å². The molecule has 0 heterocycles. The highest BCUT2D eigenvalue weighted by atomic mass is 16.6. The van der Waals surface area contributed by atoms with Crippen molar-refractivity contribution in [1.29, 1.82) is 0 Å². The Morgan fingerprint density at radius 1 is 1.00 bits per heavy atom. The van der Waals surface area contributed by atoms with Crippen LogP contribution in [0.5, 0.6) is 0 Å². The number of nitrogens with zero attached hydrogens (tertiary/aromatic N) is 1. The number of benzene rings is 2. The fraction of sp³-hybridized carbons (Fsp3) is 0.435. The summed E-state index contributed by atoms with van der Waals surface area (Å²) in [6.07, 6.45) is -0.706. The van der Waals surface area contributed by atoms with E-state index in [2.05, 4.69) is 5.32 Å².